The average Bonchev–Trinajstić information content (AvgIpc) is 2.64. The molecule has 0 heterocycles. The van der Waals surface area contributed by atoms with Crippen molar-refractivity contribution in [1.82, 2.24) is 0 Å². The number of carbonyl (C=O) groups is 1. The zero-order valence-corrected chi connectivity index (χ0v) is 17.4. The lowest BCUT2D eigenvalue weighted by Crippen LogP contribution is -2.13. The monoisotopic (exact) mass is 465 g/mol. The Morgan fingerprint density at radius 2 is 1.73 bits per heavy atom. The Labute approximate surface area is 175 Å². The molecule has 26 heavy (non-hydrogen) atoms. The lowest BCUT2D eigenvalue weighted by Gasteiger charge is -2.12. The van der Waals surface area contributed by atoms with E-state index in [0.29, 0.717) is 10.6 Å². The summed E-state index contributed by atoms with van der Waals surface area (Å²) in [7, 11) is 0. The molecule has 0 aromatic heterocycles. The highest BCUT2D eigenvalue weighted by Gasteiger charge is 2.13. The number of amides is 1. The first-order valence-electron chi connectivity index (χ1n) is 7.75. The number of carbonyl (C=O) groups excluding carboxylic acids is 1. The predicted octanol–water partition coefficient (Wildman–Crippen LogP) is 7.30. The molecule has 0 aliphatic carbocycles. The highest BCUT2D eigenvalue weighted by molar-refractivity contribution is 9.10. The summed E-state index contributed by atoms with van der Waals surface area (Å²) in [5.41, 5.74) is 2.35. The molecule has 0 atom stereocenters. The van der Waals surface area contributed by atoms with Crippen LogP contribution >= 0.6 is 50.9 Å². The van der Waals surface area contributed by atoms with Crippen molar-refractivity contribution >= 4 is 62.5 Å². The first kappa shape index (κ1) is 19.3. The minimum absolute atomic E-state index is 0.240. The van der Waals surface area contributed by atoms with Gasteiger partial charge in [0, 0.05) is 20.1 Å². The fourth-order valence-corrected chi connectivity index (χ4v) is 3.95. The number of halogens is 3. The molecule has 3 rings (SSSR count). The van der Waals surface area contributed by atoms with E-state index in [-0.39, 0.29) is 5.91 Å². The van der Waals surface area contributed by atoms with Crippen molar-refractivity contribution in [3.63, 3.8) is 0 Å². The summed E-state index contributed by atoms with van der Waals surface area (Å²) in [6.45, 7) is 0. The number of thioether (sulfide) groups is 1. The molecule has 1 N–H and O–H groups in total. The second kappa shape index (κ2) is 8.96. The molecular formula is C20H14BrCl2NOS. The number of benzene rings is 3. The fourth-order valence-electron chi connectivity index (χ4n) is 2.30. The smallest absolute Gasteiger partial charge is 0.257 e. The number of hydrogen-bond acceptors (Lipinski definition) is 2. The summed E-state index contributed by atoms with van der Waals surface area (Å²) < 4.78 is 0.803. The van der Waals surface area contributed by atoms with Crippen molar-refractivity contribution in [2.75, 3.05) is 5.32 Å². The van der Waals surface area contributed by atoms with Gasteiger partial charge in [-0.3, -0.25) is 4.79 Å². The van der Waals surface area contributed by atoms with E-state index >= 15 is 0 Å². The van der Waals surface area contributed by atoms with Gasteiger partial charge in [0.1, 0.15) is 0 Å². The Balaban J connectivity index is 1.75. The van der Waals surface area contributed by atoms with Crippen LogP contribution in [-0.2, 0) is 5.75 Å². The Bertz CT molecular complexity index is 931. The second-order valence-electron chi connectivity index (χ2n) is 5.49. The maximum absolute atomic E-state index is 12.6. The molecule has 2 nitrogen and oxygen atoms in total. The molecule has 1 amide bonds. The summed E-state index contributed by atoms with van der Waals surface area (Å²) in [5.74, 6) is 0.539. The average molecular weight is 467 g/mol. The SMILES string of the molecule is O=C(Nc1ccccc1SCc1ccc(Cl)cc1)c1cc(Br)ccc1Cl. The minimum Gasteiger partial charge on any atom is -0.321 e. The van der Waals surface area contributed by atoms with Gasteiger partial charge in [0.2, 0.25) is 0 Å². The van der Waals surface area contributed by atoms with Crippen molar-refractivity contribution in [2.24, 2.45) is 0 Å². The molecule has 0 bridgehead atoms. The fraction of sp³-hybridized carbons (Fsp3) is 0.0500. The number of rotatable bonds is 5. The first-order chi connectivity index (χ1) is 12.5. The number of anilines is 1. The molecule has 0 aliphatic rings. The van der Waals surface area contributed by atoms with Crippen molar-refractivity contribution in [3.8, 4) is 0 Å². The first-order valence-corrected chi connectivity index (χ1v) is 10.3. The van der Waals surface area contributed by atoms with Crippen LogP contribution in [0.3, 0.4) is 0 Å². The van der Waals surface area contributed by atoms with E-state index in [9.17, 15) is 4.79 Å². The topological polar surface area (TPSA) is 29.1 Å². The van der Waals surface area contributed by atoms with Crippen molar-refractivity contribution in [2.45, 2.75) is 10.6 Å². The molecule has 0 aliphatic heterocycles. The third-order valence-electron chi connectivity index (χ3n) is 3.62. The number of para-hydroxylation sites is 1. The third-order valence-corrected chi connectivity index (χ3v) is 5.84. The Morgan fingerprint density at radius 3 is 2.50 bits per heavy atom. The van der Waals surface area contributed by atoms with Crippen molar-refractivity contribution in [1.29, 1.82) is 0 Å². The van der Waals surface area contributed by atoms with E-state index in [1.165, 1.54) is 0 Å². The highest BCUT2D eigenvalue weighted by Crippen LogP contribution is 2.31. The Morgan fingerprint density at radius 1 is 1.00 bits per heavy atom. The van der Waals surface area contributed by atoms with E-state index in [0.717, 1.165) is 31.4 Å². The van der Waals surface area contributed by atoms with Crippen LogP contribution in [0.4, 0.5) is 5.69 Å². The van der Waals surface area contributed by atoms with Gasteiger partial charge >= 0.3 is 0 Å². The van der Waals surface area contributed by atoms with Gasteiger partial charge in [-0.1, -0.05) is 63.4 Å². The summed E-state index contributed by atoms with van der Waals surface area (Å²) >= 11 is 17.1. The van der Waals surface area contributed by atoms with E-state index < -0.39 is 0 Å². The molecule has 3 aromatic rings. The van der Waals surface area contributed by atoms with Crippen LogP contribution in [0.15, 0.2) is 76.1 Å². The van der Waals surface area contributed by atoms with E-state index in [1.807, 2.05) is 48.5 Å². The van der Waals surface area contributed by atoms with Crippen LogP contribution in [0.1, 0.15) is 15.9 Å². The Hall–Kier alpha value is -1.46. The molecule has 0 saturated heterocycles. The van der Waals surface area contributed by atoms with Crippen LogP contribution < -0.4 is 5.32 Å². The van der Waals surface area contributed by atoms with Crippen LogP contribution in [0.5, 0.6) is 0 Å². The van der Waals surface area contributed by atoms with E-state index in [4.69, 9.17) is 23.2 Å². The van der Waals surface area contributed by atoms with Crippen LogP contribution in [0, 0.1) is 0 Å². The molecule has 0 fully saturated rings. The normalized spacial score (nSPS) is 10.6. The van der Waals surface area contributed by atoms with Crippen molar-refractivity contribution in [3.05, 3.63) is 92.4 Å². The number of hydrogen-bond donors (Lipinski definition) is 1. The summed E-state index contributed by atoms with van der Waals surface area (Å²) in [5, 5.41) is 4.09. The van der Waals surface area contributed by atoms with Gasteiger partial charge < -0.3 is 5.32 Å². The standard InChI is InChI=1S/C20H14BrCl2NOS/c21-14-7-10-17(23)16(11-14)20(25)24-18-3-1-2-4-19(18)26-12-13-5-8-15(22)9-6-13/h1-11H,12H2,(H,24,25). The van der Waals surface area contributed by atoms with Crippen LogP contribution in [0.2, 0.25) is 10.0 Å². The number of nitrogens with one attached hydrogen (secondary N) is 1. The van der Waals surface area contributed by atoms with Crippen molar-refractivity contribution < 1.29 is 4.79 Å². The third kappa shape index (κ3) is 5.04. The molecule has 132 valence electrons. The molecule has 6 heteroatoms. The van der Waals surface area contributed by atoms with E-state index in [2.05, 4.69) is 21.2 Å². The summed E-state index contributed by atoms with van der Waals surface area (Å²) in [6.07, 6.45) is 0. The van der Waals surface area contributed by atoms with Gasteiger partial charge in [-0.2, -0.15) is 0 Å². The summed E-state index contributed by atoms with van der Waals surface area (Å²) in [6, 6.07) is 20.7. The minimum atomic E-state index is -0.240. The molecule has 0 unspecified atom stereocenters. The quantitative estimate of drug-likeness (QED) is 0.399. The lowest BCUT2D eigenvalue weighted by molar-refractivity contribution is 0.102. The zero-order chi connectivity index (χ0) is 18.5. The highest BCUT2D eigenvalue weighted by atomic mass is 79.9. The molecule has 0 saturated carbocycles. The largest absolute Gasteiger partial charge is 0.321 e. The van der Waals surface area contributed by atoms with Gasteiger partial charge in [0.15, 0.2) is 0 Å². The van der Waals surface area contributed by atoms with Gasteiger partial charge in [-0.05, 0) is 48.0 Å². The molecule has 0 spiro atoms. The van der Waals surface area contributed by atoms with Gasteiger partial charge in [0.05, 0.1) is 16.3 Å². The molecular weight excluding hydrogens is 453 g/mol. The second-order valence-corrected chi connectivity index (χ2v) is 8.27. The van der Waals surface area contributed by atoms with E-state index in [1.54, 1.807) is 30.0 Å². The van der Waals surface area contributed by atoms with Crippen LogP contribution in [0.25, 0.3) is 0 Å². The molecule has 3 aromatic carbocycles. The maximum Gasteiger partial charge on any atom is 0.257 e. The van der Waals surface area contributed by atoms with Gasteiger partial charge in [0.25, 0.3) is 5.91 Å². The van der Waals surface area contributed by atoms with Gasteiger partial charge in [-0.25, -0.2) is 0 Å². The lowest BCUT2D eigenvalue weighted by atomic mass is 10.2. The van der Waals surface area contributed by atoms with Crippen LogP contribution in [-0.4, -0.2) is 5.91 Å². The predicted molar refractivity (Wildman–Crippen MR) is 115 cm³/mol. The maximum atomic E-state index is 12.6. The summed E-state index contributed by atoms with van der Waals surface area (Å²) in [4.78, 5) is 13.6. The Kier molecular flexibility index (Phi) is 6.65. The van der Waals surface area contributed by atoms with Gasteiger partial charge in [-0.15, -0.1) is 11.8 Å². The molecule has 0 radical (unpaired) electrons. The zero-order valence-electron chi connectivity index (χ0n) is 13.5.